The van der Waals surface area contributed by atoms with Crippen LogP contribution in [0.3, 0.4) is 0 Å². The number of hydrogen-bond acceptors (Lipinski definition) is 2. The van der Waals surface area contributed by atoms with Gasteiger partial charge in [0.2, 0.25) is 5.91 Å². The molecule has 0 aromatic rings. The van der Waals surface area contributed by atoms with E-state index in [9.17, 15) is 4.79 Å². The molecule has 1 amide bonds. The van der Waals surface area contributed by atoms with Crippen LogP contribution in [-0.2, 0) is 9.53 Å². The van der Waals surface area contributed by atoms with Gasteiger partial charge in [0.25, 0.3) is 0 Å². The molecule has 1 unspecified atom stereocenters. The van der Waals surface area contributed by atoms with Crippen molar-refractivity contribution in [2.45, 2.75) is 33.7 Å². The maximum absolute atomic E-state index is 11.9. The fourth-order valence-corrected chi connectivity index (χ4v) is 1.78. The molecule has 0 aromatic heterocycles. The highest BCUT2D eigenvalue weighted by Gasteiger charge is 2.30. The van der Waals surface area contributed by atoms with E-state index < -0.39 is 0 Å². The molecular formula is C11H21NO2. The molecule has 0 spiro atoms. The van der Waals surface area contributed by atoms with E-state index in [0.717, 1.165) is 6.54 Å². The first-order chi connectivity index (χ1) is 6.54. The van der Waals surface area contributed by atoms with Crippen LogP contribution in [-0.4, -0.2) is 36.6 Å². The first kappa shape index (κ1) is 11.5. The lowest BCUT2D eigenvalue weighted by Gasteiger charge is -2.39. The number of nitrogens with zero attached hydrogens (tertiary/aromatic N) is 1. The van der Waals surface area contributed by atoms with Crippen molar-refractivity contribution in [1.29, 1.82) is 0 Å². The van der Waals surface area contributed by atoms with Gasteiger partial charge in [-0.2, -0.15) is 0 Å². The molecule has 0 aliphatic carbocycles. The van der Waals surface area contributed by atoms with Crippen LogP contribution in [0, 0.1) is 11.8 Å². The smallest absolute Gasteiger partial charge is 0.225 e. The highest BCUT2D eigenvalue weighted by Crippen LogP contribution is 2.17. The third-order valence-corrected chi connectivity index (χ3v) is 2.71. The van der Waals surface area contributed by atoms with Gasteiger partial charge in [-0.05, 0) is 5.92 Å². The molecule has 14 heavy (non-hydrogen) atoms. The molecule has 1 atom stereocenters. The van der Waals surface area contributed by atoms with Gasteiger partial charge < -0.3 is 9.64 Å². The van der Waals surface area contributed by atoms with Gasteiger partial charge in [-0.15, -0.1) is 0 Å². The Morgan fingerprint density at radius 1 is 1.36 bits per heavy atom. The highest BCUT2D eigenvalue weighted by molar-refractivity contribution is 5.78. The summed E-state index contributed by atoms with van der Waals surface area (Å²) in [5, 5.41) is 0. The second kappa shape index (κ2) is 4.78. The maximum Gasteiger partial charge on any atom is 0.225 e. The summed E-state index contributed by atoms with van der Waals surface area (Å²) >= 11 is 0. The number of hydrogen-bond donors (Lipinski definition) is 0. The molecule has 0 saturated carbocycles. The van der Waals surface area contributed by atoms with Crippen LogP contribution in [0.25, 0.3) is 0 Å². The van der Waals surface area contributed by atoms with E-state index in [2.05, 4.69) is 13.8 Å². The fourth-order valence-electron chi connectivity index (χ4n) is 1.78. The Morgan fingerprint density at radius 2 is 2.00 bits per heavy atom. The van der Waals surface area contributed by atoms with Gasteiger partial charge in [0.1, 0.15) is 0 Å². The van der Waals surface area contributed by atoms with E-state index in [1.165, 1.54) is 0 Å². The summed E-state index contributed by atoms with van der Waals surface area (Å²) < 4.78 is 5.41. The average Bonchev–Trinajstić information content (AvgIpc) is 2.16. The number of rotatable bonds is 2. The minimum atomic E-state index is 0.0920. The summed E-state index contributed by atoms with van der Waals surface area (Å²) in [5.74, 6) is 0.819. The minimum absolute atomic E-state index is 0.0920. The Hall–Kier alpha value is -0.570. The Kier molecular flexibility index (Phi) is 3.93. The predicted octanol–water partition coefficient (Wildman–Crippen LogP) is 1.53. The Morgan fingerprint density at radius 3 is 2.50 bits per heavy atom. The predicted molar refractivity (Wildman–Crippen MR) is 56.0 cm³/mol. The van der Waals surface area contributed by atoms with Gasteiger partial charge >= 0.3 is 0 Å². The standard InChI is InChI=1S/C11H21NO2/c1-8(2)10-7-14-6-5-12(10)11(13)9(3)4/h8-10H,5-7H2,1-4H3. The van der Waals surface area contributed by atoms with Crippen LogP contribution in [0.1, 0.15) is 27.7 Å². The molecule has 1 aliphatic heterocycles. The average molecular weight is 199 g/mol. The van der Waals surface area contributed by atoms with Gasteiger partial charge in [-0.25, -0.2) is 0 Å². The van der Waals surface area contributed by atoms with Crippen molar-refractivity contribution in [2.75, 3.05) is 19.8 Å². The van der Waals surface area contributed by atoms with Crippen LogP contribution in [0.2, 0.25) is 0 Å². The first-order valence-corrected chi connectivity index (χ1v) is 5.42. The van der Waals surface area contributed by atoms with E-state index in [4.69, 9.17) is 4.74 Å². The minimum Gasteiger partial charge on any atom is -0.377 e. The van der Waals surface area contributed by atoms with E-state index in [0.29, 0.717) is 19.1 Å². The van der Waals surface area contributed by atoms with Crippen LogP contribution in [0.4, 0.5) is 0 Å². The van der Waals surface area contributed by atoms with Gasteiger partial charge in [0.05, 0.1) is 19.3 Å². The third kappa shape index (κ3) is 2.47. The maximum atomic E-state index is 11.9. The second-order valence-corrected chi connectivity index (χ2v) is 4.57. The Balaban J connectivity index is 2.67. The van der Waals surface area contributed by atoms with Crippen LogP contribution < -0.4 is 0 Å². The van der Waals surface area contributed by atoms with Crippen molar-refractivity contribution in [3.05, 3.63) is 0 Å². The quantitative estimate of drug-likeness (QED) is 0.675. The van der Waals surface area contributed by atoms with Crippen molar-refractivity contribution >= 4 is 5.91 Å². The zero-order valence-electron chi connectivity index (χ0n) is 9.62. The lowest BCUT2D eigenvalue weighted by Crippen LogP contribution is -2.52. The van der Waals surface area contributed by atoms with Crippen molar-refractivity contribution in [3.63, 3.8) is 0 Å². The monoisotopic (exact) mass is 199 g/mol. The molecule has 1 heterocycles. The molecule has 0 aromatic carbocycles. The van der Waals surface area contributed by atoms with Crippen molar-refractivity contribution in [1.82, 2.24) is 4.90 Å². The van der Waals surface area contributed by atoms with Gasteiger partial charge in [0.15, 0.2) is 0 Å². The summed E-state index contributed by atoms with van der Waals surface area (Å²) in [6.45, 7) is 10.3. The van der Waals surface area contributed by atoms with Crippen LogP contribution in [0.5, 0.6) is 0 Å². The zero-order valence-corrected chi connectivity index (χ0v) is 9.62. The topological polar surface area (TPSA) is 29.5 Å². The summed E-state index contributed by atoms with van der Waals surface area (Å²) in [6.07, 6.45) is 0. The first-order valence-electron chi connectivity index (χ1n) is 5.42. The summed E-state index contributed by atoms with van der Waals surface area (Å²) in [6, 6.07) is 0.263. The lowest BCUT2D eigenvalue weighted by atomic mass is 10.0. The summed E-state index contributed by atoms with van der Waals surface area (Å²) in [7, 11) is 0. The summed E-state index contributed by atoms with van der Waals surface area (Å²) in [5.41, 5.74) is 0. The van der Waals surface area contributed by atoms with Gasteiger partial charge in [0, 0.05) is 12.5 Å². The Labute approximate surface area is 86.4 Å². The molecule has 3 nitrogen and oxygen atoms in total. The normalized spacial score (nSPS) is 23.3. The zero-order chi connectivity index (χ0) is 10.7. The van der Waals surface area contributed by atoms with E-state index in [1.54, 1.807) is 0 Å². The molecule has 82 valence electrons. The number of carbonyl (C=O) groups is 1. The van der Waals surface area contributed by atoms with E-state index in [-0.39, 0.29) is 17.9 Å². The number of carbonyl (C=O) groups excluding carboxylic acids is 1. The number of amides is 1. The third-order valence-electron chi connectivity index (χ3n) is 2.71. The summed E-state index contributed by atoms with van der Waals surface area (Å²) in [4.78, 5) is 13.9. The molecule has 1 rings (SSSR count). The number of ether oxygens (including phenoxy) is 1. The second-order valence-electron chi connectivity index (χ2n) is 4.57. The van der Waals surface area contributed by atoms with Crippen LogP contribution >= 0.6 is 0 Å². The molecule has 1 fully saturated rings. The molecule has 0 N–H and O–H groups in total. The van der Waals surface area contributed by atoms with Crippen LogP contribution in [0.15, 0.2) is 0 Å². The molecule has 1 aliphatic rings. The molecule has 1 saturated heterocycles. The molecule has 0 bridgehead atoms. The largest absolute Gasteiger partial charge is 0.377 e. The molecule has 0 radical (unpaired) electrons. The van der Waals surface area contributed by atoms with Gasteiger partial charge in [-0.1, -0.05) is 27.7 Å². The van der Waals surface area contributed by atoms with E-state index >= 15 is 0 Å². The molecule has 3 heteroatoms. The van der Waals surface area contributed by atoms with Crippen molar-refractivity contribution in [3.8, 4) is 0 Å². The van der Waals surface area contributed by atoms with Crippen molar-refractivity contribution < 1.29 is 9.53 Å². The number of morpholine rings is 1. The highest BCUT2D eigenvalue weighted by atomic mass is 16.5. The Bertz CT molecular complexity index is 201. The van der Waals surface area contributed by atoms with Gasteiger partial charge in [-0.3, -0.25) is 4.79 Å². The van der Waals surface area contributed by atoms with Crippen molar-refractivity contribution in [2.24, 2.45) is 11.8 Å². The molecular weight excluding hydrogens is 178 g/mol. The SMILES string of the molecule is CC(C)C(=O)N1CCOCC1C(C)C. The van der Waals surface area contributed by atoms with E-state index in [1.807, 2.05) is 18.7 Å². The lowest BCUT2D eigenvalue weighted by molar-refractivity contribution is -0.145. The fraction of sp³-hybridized carbons (Fsp3) is 0.909.